The number of ether oxygens (including phenoxy) is 4. The molecule has 9 rings (SSSR count). The van der Waals surface area contributed by atoms with E-state index in [0.29, 0.717) is 105 Å². The number of fused-ring (bicyclic) bond motifs is 6. The number of amides is 2. The molecule has 2 bridgehead atoms. The number of benzene rings is 2. The third-order valence-electron chi connectivity index (χ3n) is 16.4. The van der Waals surface area contributed by atoms with E-state index in [1.165, 1.54) is 33.3 Å². The molecule has 5 aliphatic heterocycles. The van der Waals surface area contributed by atoms with E-state index in [1.54, 1.807) is 13.2 Å². The van der Waals surface area contributed by atoms with Crippen molar-refractivity contribution in [3.8, 4) is 5.75 Å². The number of aliphatic hydroxyl groups is 1. The van der Waals surface area contributed by atoms with Crippen LogP contribution in [0.5, 0.6) is 5.75 Å². The van der Waals surface area contributed by atoms with Gasteiger partial charge in [-0.25, -0.2) is 14.0 Å². The van der Waals surface area contributed by atoms with Gasteiger partial charge in [0.15, 0.2) is 6.10 Å². The van der Waals surface area contributed by atoms with Crippen LogP contribution in [0.25, 0.3) is 10.9 Å². The van der Waals surface area contributed by atoms with Gasteiger partial charge in [-0.1, -0.05) is 26.0 Å². The SMILES string of the molecule is CCNC(=O)N[C@@]1(CC)C[C@H]2CN(CCc3c([nH]c4ccc(F)cc34)[C@@](C(=O)OC)(c3cc4c(cc3OC)N(C)[C@H]3[C@@](O)(C(=O)OC)[C@H](OC(C)=O)[C@]5(CC)C=CCN6CC[C@]43[C@@H]65)C2)C1. The summed E-state index contributed by atoms with van der Waals surface area (Å²) in [6.45, 7) is 10.7. The minimum absolute atomic E-state index is 0.174. The van der Waals surface area contributed by atoms with Crippen molar-refractivity contribution in [2.75, 3.05) is 72.5 Å². The minimum Gasteiger partial charge on any atom is -0.496 e. The van der Waals surface area contributed by atoms with E-state index < -0.39 is 63.3 Å². The molecule has 3 aromatic rings. The van der Waals surface area contributed by atoms with Crippen LogP contribution >= 0.6 is 0 Å². The summed E-state index contributed by atoms with van der Waals surface area (Å²) in [5, 5.41) is 20.3. The Labute approximate surface area is 379 Å². The predicted octanol–water partition coefficient (Wildman–Crippen LogP) is 4.46. The number of piperidine rings is 1. The Bertz CT molecular complexity index is 2480. The maximum atomic E-state index is 15.6. The molecule has 15 nitrogen and oxygen atoms in total. The number of urea groups is 1. The number of hydrogen-bond donors (Lipinski definition) is 4. The van der Waals surface area contributed by atoms with E-state index in [9.17, 15) is 19.5 Å². The van der Waals surface area contributed by atoms with Gasteiger partial charge in [0.1, 0.15) is 17.0 Å². The predicted molar refractivity (Wildman–Crippen MR) is 240 cm³/mol. The molecule has 1 aliphatic carbocycles. The van der Waals surface area contributed by atoms with E-state index in [-0.39, 0.29) is 24.4 Å². The molecule has 2 saturated heterocycles. The number of esters is 3. The summed E-state index contributed by atoms with van der Waals surface area (Å²) >= 11 is 0. The van der Waals surface area contributed by atoms with E-state index in [0.717, 1.165) is 11.1 Å². The van der Waals surface area contributed by atoms with Gasteiger partial charge in [-0.3, -0.25) is 14.5 Å². The smallest absolute Gasteiger partial charge is 0.344 e. The Kier molecular flexibility index (Phi) is 11.1. The van der Waals surface area contributed by atoms with Crippen LogP contribution in [0.4, 0.5) is 14.9 Å². The van der Waals surface area contributed by atoms with E-state index >= 15 is 9.18 Å². The second kappa shape index (κ2) is 16.0. The number of rotatable bonds is 9. The zero-order chi connectivity index (χ0) is 46.4. The van der Waals surface area contributed by atoms with Gasteiger partial charge in [-0.05, 0) is 93.3 Å². The number of aromatic amines is 1. The molecular weight excluding hydrogens is 836 g/mol. The van der Waals surface area contributed by atoms with Crippen LogP contribution in [0, 0.1) is 17.2 Å². The average Bonchev–Trinajstić information content (AvgIpc) is 3.95. The van der Waals surface area contributed by atoms with Crippen LogP contribution in [-0.2, 0) is 45.8 Å². The molecule has 65 heavy (non-hydrogen) atoms. The first kappa shape index (κ1) is 45.0. The van der Waals surface area contributed by atoms with E-state index in [2.05, 4.69) is 32.3 Å². The summed E-state index contributed by atoms with van der Waals surface area (Å²) in [6.07, 6.45) is 5.57. The zero-order valence-corrected chi connectivity index (χ0v) is 38.8. The van der Waals surface area contributed by atoms with Gasteiger partial charge in [0.25, 0.3) is 0 Å². The van der Waals surface area contributed by atoms with Crippen LogP contribution in [0.3, 0.4) is 0 Å². The first-order valence-electron chi connectivity index (χ1n) is 23.1. The Morgan fingerprint density at radius 1 is 0.969 bits per heavy atom. The second-order valence-corrected chi connectivity index (χ2v) is 19.4. The molecule has 6 aliphatic rings. The van der Waals surface area contributed by atoms with Crippen molar-refractivity contribution >= 4 is 40.5 Å². The molecule has 1 unspecified atom stereocenters. The summed E-state index contributed by atoms with van der Waals surface area (Å²) < 4.78 is 39.4. The molecule has 2 amide bonds. The van der Waals surface area contributed by atoms with Crippen molar-refractivity contribution in [2.45, 2.75) is 106 Å². The summed E-state index contributed by atoms with van der Waals surface area (Å²) in [6, 6.07) is 6.95. The topological polar surface area (TPSA) is 175 Å². The Morgan fingerprint density at radius 2 is 1.74 bits per heavy atom. The lowest BCUT2D eigenvalue weighted by molar-refractivity contribution is -0.228. The maximum absolute atomic E-state index is 15.6. The summed E-state index contributed by atoms with van der Waals surface area (Å²) in [5.74, 6) is -2.29. The standard InChI is InChI=1S/C49H63FN6O9/c1-9-45(53-44(60)51-11-3)24-29-25-48(42(58)63-7,38-31(15-19-55(26-29)27-45)32-21-30(50)13-14-35(32)52-38)34-22-33-36(23-37(34)62-6)54(5)40-47(33)17-20-56-18-12-16-46(10-2,39(47)56)41(65-28(4)57)49(40,61)43(59)64-8/h12-14,16,21-23,29,39-41,52,61H,9-11,15,17-20,24-27H2,1-8H3,(H2,51,53,60)/t29-,39+,40-,41-,45+,46-,47-,48+,49+/m1/s1. The molecule has 1 aromatic heterocycles. The molecule has 3 fully saturated rings. The highest BCUT2D eigenvalue weighted by Gasteiger charge is 2.80. The van der Waals surface area contributed by atoms with Crippen LogP contribution in [-0.4, -0.2) is 141 Å². The van der Waals surface area contributed by atoms with Crippen molar-refractivity contribution < 1.29 is 47.6 Å². The second-order valence-electron chi connectivity index (χ2n) is 19.4. The summed E-state index contributed by atoms with van der Waals surface area (Å²) in [7, 11) is 6.00. The number of nitrogens with one attached hydrogen (secondary N) is 3. The third kappa shape index (κ3) is 6.21. The molecule has 2 aromatic carbocycles. The Balaban J connectivity index is 1.34. The van der Waals surface area contributed by atoms with Crippen LogP contribution < -0.4 is 20.3 Å². The fraction of sp³-hybridized carbons (Fsp3) is 0.592. The fourth-order valence-corrected chi connectivity index (χ4v) is 14.2. The van der Waals surface area contributed by atoms with Crippen molar-refractivity contribution in [3.63, 3.8) is 0 Å². The van der Waals surface area contributed by atoms with Gasteiger partial charge in [-0.2, -0.15) is 0 Å². The summed E-state index contributed by atoms with van der Waals surface area (Å²) in [4.78, 5) is 66.7. The molecule has 16 heteroatoms. The molecule has 6 heterocycles. The van der Waals surface area contributed by atoms with Gasteiger partial charge in [0.05, 0.1) is 32.9 Å². The number of aromatic nitrogens is 1. The zero-order valence-electron chi connectivity index (χ0n) is 38.8. The van der Waals surface area contributed by atoms with E-state index in [1.807, 2.05) is 50.1 Å². The van der Waals surface area contributed by atoms with Gasteiger partial charge in [0.2, 0.25) is 5.60 Å². The lowest BCUT2D eigenvalue weighted by Crippen LogP contribution is -2.81. The molecule has 4 N–H and O–H groups in total. The van der Waals surface area contributed by atoms with Gasteiger partial charge in [-0.15, -0.1) is 0 Å². The third-order valence-corrected chi connectivity index (χ3v) is 16.4. The number of H-pyrrole nitrogens is 1. The molecule has 1 saturated carbocycles. The van der Waals surface area contributed by atoms with Crippen molar-refractivity contribution in [3.05, 3.63) is 70.7 Å². The van der Waals surface area contributed by atoms with Crippen molar-refractivity contribution in [2.24, 2.45) is 11.3 Å². The molecule has 0 radical (unpaired) electrons. The molecule has 1 spiro atoms. The highest BCUT2D eigenvalue weighted by molar-refractivity contribution is 5.95. The molecule has 350 valence electrons. The first-order valence-corrected chi connectivity index (χ1v) is 23.1. The Hall–Kier alpha value is -5.19. The lowest BCUT2D eigenvalue weighted by atomic mass is 9.47. The quantitative estimate of drug-likeness (QED) is 0.135. The number of hydrogen-bond acceptors (Lipinski definition) is 12. The van der Waals surface area contributed by atoms with Crippen LogP contribution in [0.1, 0.15) is 82.2 Å². The Morgan fingerprint density at radius 3 is 2.42 bits per heavy atom. The lowest BCUT2D eigenvalue weighted by Gasteiger charge is -2.63. The van der Waals surface area contributed by atoms with Gasteiger partial charge < -0.3 is 49.5 Å². The number of anilines is 1. The summed E-state index contributed by atoms with van der Waals surface area (Å²) in [5.41, 5.74) is -2.54. The fourth-order valence-electron chi connectivity index (χ4n) is 14.2. The normalized spacial score (nSPS) is 34.5. The van der Waals surface area contributed by atoms with Crippen molar-refractivity contribution in [1.82, 2.24) is 25.4 Å². The highest BCUT2D eigenvalue weighted by Crippen LogP contribution is 2.68. The first-order chi connectivity index (χ1) is 31.1. The average molecular weight is 899 g/mol. The van der Waals surface area contributed by atoms with Crippen LogP contribution in [0.2, 0.25) is 0 Å². The minimum atomic E-state index is -2.36. The largest absolute Gasteiger partial charge is 0.496 e. The van der Waals surface area contributed by atoms with E-state index in [4.69, 9.17) is 18.9 Å². The van der Waals surface area contributed by atoms with Gasteiger partial charge in [0, 0.05) is 97.5 Å². The number of carbonyl (C=O) groups excluding carboxylic acids is 4. The number of nitrogens with zero attached hydrogens (tertiary/aromatic N) is 3. The number of carbonyl (C=O) groups is 4. The number of likely N-dealkylation sites (N-methyl/N-ethyl adjacent to an activating group) is 1. The monoisotopic (exact) mass is 898 g/mol. The molecular formula is C49H63FN6O9. The maximum Gasteiger partial charge on any atom is 0.344 e. The number of halogens is 1. The molecule has 10 atom stereocenters. The highest BCUT2D eigenvalue weighted by atomic mass is 19.1. The van der Waals surface area contributed by atoms with Gasteiger partial charge >= 0.3 is 23.9 Å². The van der Waals surface area contributed by atoms with Crippen molar-refractivity contribution in [1.29, 1.82) is 0 Å². The number of methoxy groups -OCH3 is 3. The van der Waals surface area contributed by atoms with Crippen LogP contribution in [0.15, 0.2) is 42.5 Å².